The van der Waals surface area contributed by atoms with Crippen molar-refractivity contribution in [1.29, 1.82) is 0 Å². The molecule has 1 aromatic carbocycles. The summed E-state index contributed by atoms with van der Waals surface area (Å²) in [6.45, 7) is 10.6. The molecule has 1 N–H and O–H groups in total. The van der Waals surface area contributed by atoms with Gasteiger partial charge in [-0.2, -0.15) is 0 Å². The zero-order valence-corrected chi connectivity index (χ0v) is 12.0. The second kappa shape index (κ2) is 5.41. The molecule has 1 aliphatic heterocycles. The van der Waals surface area contributed by atoms with Crippen LogP contribution < -0.4 is 5.32 Å². The first-order valence-electron chi connectivity index (χ1n) is 6.99. The van der Waals surface area contributed by atoms with Gasteiger partial charge in [0.05, 0.1) is 11.7 Å². The van der Waals surface area contributed by atoms with Crippen LogP contribution in [0.2, 0.25) is 0 Å². The molecular weight excluding hydrogens is 222 g/mol. The largest absolute Gasteiger partial charge is 0.365 e. The lowest BCUT2D eigenvalue weighted by Crippen LogP contribution is -2.48. The van der Waals surface area contributed by atoms with E-state index in [-0.39, 0.29) is 11.7 Å². The van der Waals surface area contributed by atoms with E-state index in [1.54, 1.807) is 0 Å². The Hall–Kier alpha value is -0.860. The maximum Gasteiger partial charge on any atom is 0.0957 e. The van der Waals surface area contributed by atoms with Crippen LogP contribution in [0.15, 0.2) is 18.2 Å². The average molecular weight is 247 g/mol. The molecule has 1 saturated heterocycles. The summed E-state index contributed by atoms with van der Waals surface area (Å²) >= 11 is 0. The van der Waals surface area contributed by atoms with Gasteiger partial charge in [0.15, 0.2) is 0 Å². The Balaban J connectivity index is 2.17. The molecule has 0 aromatic heterocycles. The fourth-order valence-corrected chi connectivity index (χ4v) is 2.95. The number of aryl methyl sites for hydroxylation is 2. The van der Waals surface area contributed by atoms with Crippen LogP contribution in [0.1, 0.15) is 49.5 Å². The highest BCUT2D eigenvalue weighted by Gasteiger charge is 2.32. The number of hydrogen-bond donors (Lipinski definition) is 1. The lowest BCUT2D eigenvalue weighted by molar-refractivity contribution is -0.112. The third-order valence-electron chi connectivity index (χ3n) is 3.65. The van der Waals surface area contributed by atoms with Gasteiger partial charge < -0.3 is 10.1 Å². The Morgan fingerprint density at radius 3 is 2.56 bits per heavy atom. The van der Waals surface area contributed by atoms with Gasteiger partial charge in [-0.25, -0.2) is 0 Å². The molecule has 1 aromatic rings. The Kier molecular flexibility index (Phi) is 4.08. The predicted molar refractivity (Wildman–Crippen MR) is 75.9 cm³/mol. The predicted octanol–water partition coefficient (Wildman–Crippen LogP) is 3.52. The molecule has 1 heterocycles. The van der Waals surface area contributed by atoms with E-state index in [4.69, 9.17) is 4.74 Å². The van der Waals surface area contributed by atoms with Crippen molar-refractivity contribution in [2.24, 2.45) is 0 Å². The van der Waals surface area contributed by atoms with Crippen LogP contribution in [0, 0.1) is 13.8 Å². The van der Waals surface area contributed by atoms with Crippen molar-refractivity contribution in [3.63, 3.8) is 0 Å². The standard InChI is InChI=1S/C16H25NO/c1-5-6-16(4)11-17-10-15(18-16)14-8-12(2)7-13(3)9-14/h7-9,15,17H,5-6,10-11H2,1-4H3. The van der Waals surface area contributed by atoms with Gasteiger partial charge in [-0.1, -0.05) is 42.7 Å². The summed E-state index contributed by atoms with van der Waals surface area (Å²) < 4.78 is 6.35. The fraction of sp³-hybridized carbons (Fsp3) is 0.625. The van der Waals surface area contributed by atoms with Crippen LogP contribution in [-0.2, 0) is 4.74 Å². The molecule has 100 valence electrons. The monoisotopic (exact) mass is 247 g/mol. The van der Waals surface area contributed by atoms with E-state index in [1.165, 1.54) is 16.7 Å². The van der Waals surface area contributed by atoms with Crippen molar-refractivity contribution < 1.29 is 4.74 Å². The normalized spacial score (nSPS) is 28.3. The lowest BCUT2D eigenvalue weighted by atomic mass is 9.95. The average Bonchev–Trinajstić information content (AvgIpc) is 2.27. The van der Waals surface area contributed by atoms with E-state index in [9.17, 15) is 0 Å². The van der Waals surface area contributed by atoms with Crippen molar-refractivity contribution in [3.8, 4) is 0 Å². The summed E-state index contributed by atoms with van der Waals surface area (Å²) in [7, 11) is 0. The number of hydrogen-bond acceptors (Lipinski definition) is 2. The molecule has 2 atom stereocenters. The van der Waals surface area contributed by atoms with Crippen LogP contribution in [0.3, 0.4) is 0 Å². The van der Waals surface area contributed by atoms with Crippen molar-refractivity contribution in [2.45, 2.75) is 52.2 Å². The Morgan fingerprint density at radius 2 is 1.94 bits per heavy atom. The Morgan fingerprint density at radius 1 is 1.28 bits per heavy atom. The highest BCUT2D eigenvalue weighted by Crippen LogP contribution is 2.30. The molecule has 0 aliphatic carbocycles. The lowest BCUT2D eigenvalue weighted by Gasteiger charge is -2.39. The van der Waals surface area contributed by atoms with E-state index < -0.39 is 0 Å². The second-order valence-corrected chi connectivity index (χ2v) is 5.86. The Bertz CT molecular complexity index is 391. The maximum absolute atomic E-state index is 6.35. The zero-order valence-electron chi connectivity index (χ0n) is 12.0. The highest BCUT2D eigenvalue weighted by molar-refractivity contribution is 5.30. The molecule has 2 nitrogen and oxygen atoms in total. The van der Waals surface area contributed by atoms with E-state index >= 15 is 0 Å². The van der Waals surface area contributed by atoms with Gasteiger partial charge in [0, 0.05) is 13.1 Å². The summed E-state index contributed by atoms with van der Waals surface area (Å²) in [6, 6.07) is 6.71. The first kappa shape index (κ1) is 13.6. The molecule has 1 fully saturated rings. The molecule has 18 heavy (non-hydrogen) atoms. The van der Waals surface area contributed by atoms with Gasteiger partial charge in [0.25, 0.3) is 0 Å². The first-order chi connectivity index (χ1) is 8.52. The molecule has 2 heteroatoms. The molecule has 0 radical (unpaired) electrons. The van der Waals surface area contributed by atoms with Crippen LogP contribution in [0.5, 0.6) is 0 Å². The minimum absolute atomic E-state index is 0.0185. The third-order valence-corrected chi connectivity index (χ3v) is 3.65. The summed E-state index contributed by atoms with van der Waals surface area (Å²) in [5.41, 5.74) is 3.92. The molecule has 2 rings (SSSR count). The molecule has 1 aliphatic rings. The fourth-order valence-electron chi connectivity index (χ4n) is 2.95. The van der Waals surface area contributed by atoms with Gasteiger partial charge in [-0.15, -0.1) is 0 Å². The number of ether oxygens (including phenoxy) is 1. The van der Waals surface area contributed by atoms with Crippen LogP contribution >= 0.6 is 0 Å². The molecule has 0 spiro atoms. The van der Waals surface area contributed by atoms with Gasteiger partial charge in [-0.3, -0.25) is 0 Å². The summed E-state index contributed by atoms with van der Waals surface area (Å²) in [6.07, 6.45) is 2.47. The minimum Gasteiger partial charge on any atom is -0.365 e. The number of benzene rings is 1. The van der Waals surface area contributed by atoms with E-state index in [2.05, 4.69) is 51.2 Å². The quantitative estimate of drug-likeness (QED) is 0.882. The van der Waals surface area contributed by atoms with E-state index in [1.807, 2.05) is 0 Å². The van der Waals surface area contributed by atoms with Gasteiger partial charge in [0.1, 0.15) is 0 Å². The number of nitrogens with one attached hydrogen (secondary N) is 1. The number of morpholine rings is 1. The topological polar surface area (TPSA) is 21.3 Å². The van der Waals surface area contributed by atoms with Crippen molar-refractivity contribution in [1.82, 2.24) is 5.32 Å². The first-order valence-corrected chi connectivity index (χ1v) is 6.99. The van der Waals surface area contributed by atoms with E-state index in [0.29, 0.717) is 0 Å². The molecule has 2 unspecified atom stereocenters. The Labute approximate surface area is 111 Å². The maximum atomic E-state index is 6.35. The van der Waals surface area contributed by atoms with Gasteiger partial charge in [-0.05, 0) is 32.8 Å². The van der Waals surface area contributed by atoms with Gasteiger partial charge in [0.2, 0.25) is 0 Å². The van der Waals surface area contributed by atoms with Crippen LogP contribution in [-0.4, -0.2) is 18.7 Å². The summed E-state index contributed by atoms with van der Waals surface area (Å²) in [5.74, 6) is 0. The third kappa shape index (κ3) is 3.12. The van der Waals surface area contributed by atoms with E-state index in [0.717, 1.165) is 25.9 Å². The van der Waals surface area contributed by atoms with Crippen LogP contribution in [0.4, 0.5) is 0 Å². The molecular formula is C16H25NO. The zero-order chi connectivity index (χ0) is 13.2. The van der Waals surface area contributed by atoms with Crippen molar-refractivity contribution in [2.75, 3.05) is 13.1 Å². The van der Waals surface area contributed by atoms with Crippen molar-refractivity contribution in [3.05, 3.63) is 34.9 Å². The molecule has 0 saturated carbocycles. The van der Waals surface area contributed by atoms with Gasteiger partial charge >= 0.3 is 0 Å². The molecule has 0 amide bonds. The highest BCUT2D eigenvalue weighted by atomic mass is 16.5. The van der Waals surface area contributed by atoms with Crippen LogP contribution in [0.25, 0.3) is 0 Å². The summed E-state index contributed by atoms with van der Waals surface area (Å²) in [4.78, 5) is 0. The smallest absolute Gasteiger partial charge is 0.0957 e. The van der Waals surface area contributed by atoms with Crippen molar-refractivity contribution >= 4 is 0 Å². The number of rotatable bonds is 3. The molecule has 0 bridgehead atoms. The summed E-state index contributed by atoms with van der Waals surface area (Å²) in [5, 5.41) is 3.52. The SMILES string of the molecule is CCCC1(C)CNCC(c2cc(C)cc(C)c2)O1. The minimum atomic E-state index is -0.0185. The second-order valence-electron chi connectivity index (χ2n) is 5.86.